The van der Waals surface area contributed by atoms with Crippen LogP contribution < -0.4 is 0 Å². The summed E-state index contributed by atoms with van der Waals surface area (Å²) < 4.78 is 33.0. The summed E-state index contributed by atoms with van der Waals surface area (Å²) in [6, 6.07) is 11.0. The first-order chi connectivity index (χ1) is 12.0. The van der Waals surface area contributed by atoms with Crippen LogP contribution in [-0.4, -0.2) is 28.6 Å². The Balaban J connectivity index is 2.15. The van der Waals surface area contributed by atoms with Gasteiger partial charge in [0.2, 0.25) is 0 Å². The summed E-state index contributed by atoms with van der Waals surface area (Å²) >= 11 is 0. The lowest BCUT2D eigenvalue weighted by molar-refractivity contribution is 0.0590. The van der Waals surface area contributed by atoms with Crippen LogP contribution in [0.4, 0.5) is 8.78 Å². The van der Waals surface area contributed by atoms with Crippen molar-refractivity contribution in [1.29, 1.82) is 0 Å². The highest BCUT2D eigenvalue weighted by Crippen LogP contribution is 2.20. The van der Waals surface area contributed by atoms with E-state index in [1.54, 1.807) is 30.3 Å². The molecule has 1 heterocycles. The van der Waals surface area contributed by atoms with E-state index in [2.05, 4.69) is 9.84 Å². The number of hydrogen-bond acceptors (Lipinski definition) is 4. The van der Waals surface area contributed by atoms with Crippen LogP contribution in [0.15, 0.2) is 54.7 Å². The molecule has 0 fully saturated rings. The summed E-state index contributed by atoms with van der Waals surface area (Å²) in [7, 11) is 1.14. The van der Waals surface area contributed by atoms with Crippen molar-refractivity contribution in [3.05, 3.63) is 83.2 Å². The van der Waals surface area contributed by atoms with Gasteiger partial charge < -0.3 is 4.74 Å². The number of carbonyl (C=O) groups excluding carboxylic acids is 2. The highest BCUT2D eigenvalue weighted by molar-refractivity contribution is 6.13. The first kappa shape index (κ1) is 16.5. The van der Waals surface area contributed by atoms with Crippen LogP contribution in [0.3, 0.4) is 0 Å². The van der Waals surface area contributed by atoms with Crippen molar-refractivity contribution in [2.24, 2.45) is 0 Å². The number of carbonyl (C=O) groups is 2. The lowest BCUT2D eigenvalue weighted by Crippen LogP contribution is -2.10. The summed E-state index contributed by atoms with van der Waals surface area (Å²) in [6.45, 7) is 0. The molecule has 0 saturated carbocycles. The molecule has 0 aliphatic heterocycles. The topological polar surface area (TPSA) is 61.2 Å². The molecule has 0 unspecified atom stereocenters. The zero-order chi connectivity index (χ0) is 18.0. The third-order valence-corrected chi connectivity index (χ3v) is 3.53. The number of ether oxygens (including phenoxy) is 1. The SMILES string of the molecule is COC(=O)c1nn(-c2cc(F)ccc2F)cc1C(=O)c1ccccc1. The number of nitrogens with zero attached hydrogens (tertiary/aromatic N) is 2. The number of halogens is 2. The molecule has 0 aliphatic rings. The van der Waals surface area contributed by atoms with Crippen LogP contribution in [-0.2, 0) is 4.74 Å². The molecular weight excluding hydrogens is 330 g/mol. The molecule has 2 aromatic carbocycles. The lowest BCUT2D eigenvalue weighted by atomic mass is 10.0. The number of benzene rings is 2. The Labute approximate surface area is 141 Å². The predicted molar refractivity (Wildman–Crippen MR) is 84.7 cm³/mol. The summed E-state index contributed by atoms with van der Waals surface area (Å²) in [5.41, 5.74) is -0.245. The van der Waals surface area contributed by atoms with E-state index in [-0.39, 0.29) is 16.9 Å². The molecular formula is C18H12F2N2O3. The minimum atomic E-state index is -0.852. The van der Waals surface area contributed by atoms with Crippen LogP contribution in [0.25, 0.3) is 5.69 Å². The van der Waals surface area contributed by atoms with Crippen molar-refractivity contribution >= 4 is 11.8 Å². The second-order valence-corrected chi connectivity index (χ2v) is 5.12. The fourth-order valence-corrected chi connectivity index (χ4v) is 2.32. The third-order valence-electron chi connectivity index (χ3n) is 3.53. The number of aromatic nitrogens is 2. The highest BCUT2D eigenvalue weighted by atomic mass is 19.1. The molecule has 0 bridgehead atoms. The van der Waals surface area contributed by atoms with Gasteiger partial charge in [0.1, 0.15) is 17.3 Å². The van der Waals surface area contributed by atoms with Crippen LogP contribution in [0.2, 0.25) is 0 Å². The van der Waals surface area contributed by atoms with Crippen LogP contribution in [0.1, 0.15) is 26.4 Å². The zero-order valence-corrected chi connectivity index (χ0v) is 13.1. The number of hydrogen-bond donors (Lipinski definition) is 0. The largest absolute Gasteiger partial charge is 0.464 e. The van der Waals surface area contributed by atoms with Gasteiger partial charge in [-0.3, -0.25) is 4.79 Å². The summed E-state index contributed by atoms with van der Waals surface area (Å²) in [5, 5.41) is 3.91. The van der Waals surface area contributed by atoms with E-state index in [0.717, 1.165) is 30.0 Å². The van der Waals surface area contributed by atoms with E-state index in [1.165, 1.54) is 6.20 Å². The Bertz CT molecular complexity index is 952. The van der Waals surface area contributed by atoms with Gasteiger partial charge in [-0.25, -0.2) is 18.3 Å². The van der Waals surface area contributed by atoms with Gasteiger partial charge in [-0.15, -0.1) is 0 Å². The standard InChI is InChI=1S/C18H12F2N2O3/c1-25-18(24)16-13(17(23)11-5-3-2-4-6-11)10-22(21-16)15-9-12(19)7-8-14(15)20/h2-10H,1H3. The van der Waals surface area contributed by atoms with Crippen molar-refractivity contribution in [3.63, 3.8) is 0 Å². The Morgan fingerprint density at radius 3 is 2.48 bits per heavy atom. The molecule has 3 aromatic rings. The molecule has 0 saturated heterocycles. The minimum Gasteiger partial charge on any atom is -0.464 e. The Kier molecular flexibility index (Phi) is 4.38. The van der Waals surface area contributed by atoms with Crippen molar-refractivity contribution in [3.8, 4) is 5.69 Å². The van der Waals surface area contributed by atoms with Crippen LogP contribution >= 0.6 is 0 Å². The van der Waals surface area contributed by atoms with Crippen LogP contribution in [0.5, 0.6) is 0 Å². The fourth-order valence-electron chi connectivity index (χ4n) is 2.32. The maximum Gasteiger partial charge on any atom is 0.359 e. The average molecular weight is 342 g/mol. The number of methoxy groups -OCH3 is 1. The van der Waals surface area contributed by atoms with E-state index in [9.17, 15) is 18.4 Å². The predicted octanol–water partition coefficient (Wildman–Crippen LogP) is 3.17. The molecule has 7 heteroatoms. The van der Waals surface area contributed by atoms with Gasteiger partial charge in [0.25, 0.3) is 0 Å². The van der Waals surface area contributed by atoms with Gasteiger partial charge >= 0.3 is 5.97 Å². The van der Waals surface area contributed by atoms with Crippen molar-refractivity contribution in [2.75, 3.05) is 7.11 Å². The quantitative estimate of drug-likeness (QED) is 0.540. The van der Waals surface area contributed by atoms with Crippen molar-refractivity contribution in [2.45, 2.75) is 0 Å². The monoisotopic (exact) mass is 342 g/mol. The van der Waals surface area contributed by atoms with E-state index in [4.69, 9.17) is 0 Å². The van der Waals surface area contributed by atoms with Gasteiger partial charge in [0.15, 0.2) is 11.5 Å². The number of ketones is 1. The van der Waals surface area contributed by atoms with Gasteiger partial charge in [0.05, 0.1) is 12.7 Å². The number of rotatable bonds is 4. The van der Waals surface area contributed by atoms with Gasteiger partial charge in [-0.05, 0) is 12.1 Å². The second-order valence-electron chi connectivity index (χ2n) is 5.12. The highest BCUT2D eigenvalue weighted by Gasteiger charge is 2.25. The van der Waals surface area contributed by atoms with Gasteiger partial charge in [-0.2, -0.15) is 5.10 Å². The molecule has 25 heavy (non-hydrogen) atoms. The minimum absolute atomic E-state index is 0.0679. The van der Waals surface area contributed by atoms with Gasteiger partial charge in [-0.1, -0.05) is 30.3 Å². The van der Waals surface area contributed by atoms with E-state index < -0.39 is 23.4 Å². The molecule has 0 spiro atoms. The average Bonchev–Trinajstić information content (AvgIpc) is 3.08. The second kappa shape index (κ2) is 6.64. The fraction of sp³-hybridized carbons (Fsp3) is 0.0556. The zero-order valence-electron chi connectivity index (χ0n) is 13.1. The maximum absolute atomic E-state index is 14.0. The van der Waals surface area contributed by atoms with E-state index >= 15 is 0 Å². The molecule has 5 nitrogen and oxygen atoms in total. The normalized spacial score (nSPS) is 10.5. The van der Waals surface area contributed by atoms with E-state index in [1.807, 2.05) is 0 Å². The molecule has 0 amide bonds. The smallest absolute Gasteiger partial charge is 0.359 e. The molecule has 1 aromatic heterocycles. The van der Waals surface area contributed by atoms with Crippen LogP contribution in [0, 0.1) is 11.6 Å². The first-order valence-electron chi connectivity index (χ1n) is 7.24. The van der Waals surface area contributed by atoms with Crippen molar-refractivity contribution in [1.82, 2.24) is 9.78 Å². The molecule has 0 aliphatic carbocycles. The lowest BCUT2D eigenvalue weighted by Gasteiger charge is -2.02. The molecule has 3 rings (SSSR count). The Morgan fingerprint density at radius 2 is 1.80 bits per heavy atom. The molecule has 0 radical (unpaired) electrons. The molecule has 0 atom stereocenters. The summed E-state index contributed by atoms with van der Waals surface area (Å²) in [4.78, 5) is 24.6. The van der Waals surface area contributed by atoms with Crippen molar-refractivity contribution < 1.29 is 23.1 Å². The molecule has 126 valence electrons. The summed E-state index contributed by atoms with van der Waals surface area (Å²) in [6.07, 6.45) is 1.18. The summed E-state index contributed by atoms with van der Waals surface area (Å²) in [5.74, 6) is -2.76. The Morgan fingerprint density at radius 1 is 1.08 bits per heavy atom. The first-order valence-corrected chi connectivity index (χ1v) is 7.24. The third kappa shape index (κ3) is 3.16. The Hall–Kier alpha value is -3.35. The molecule has 0 N–H and O–H groups in total. The van der Waals surface area contributed by atoms with E-state index in [0.29, 0.717) is 5.56 Å². The van der Waals surface area contributed by atoms with Gasteiger partial charge in [0, 0.05) is 17.8 Å². The maximum atomic E-state index is 14.0. The number of esters is 1.